The Hall–Kier alpha value is -1.37. The predicted octanol–water partition coefficient (Wildman–Crippen LogP) is 1.69. The number of nitrogens with zero attached hydrogens (tertiary/aromatic N) is 1. The molecule has 2 N–H and O–H groups in total. The van der Waals surface area contributed by atoms with E-state index in [0.717, 1.165) is 24.1 Å². The molecule has 1 aromatic rings. The summed E-state index contributed by atoms with van der Waals surface area (Å²) in [6, 6.07) is 5.75. The minimum absolute atomic E-state index is 0.365. The van der Waals surface area contributed by atoms with Gasteiger partial charge in [0.2, 0.25) is 5.91 Å². The lowest BCUT2D eigenvalue weighted by Crippen LogP contribution is -2.25. The van der Waals surface area contributed by atoms with Crippen molar-refractivity contribution < 1.29 is 13.6 Å². The molecular weight excluding hydrogens is 284 g/mol. The quantitative estimate of drug-likeness (QED) is 0.742. The number of hydrogen-bond acceptors (Lipinski definition) is 4. The van der Waals surface area contributed by atoms with Crippen molar-refractivity contribution >= 4 is 20.9 Å². The van der Waals surface area contributed by atoms with E-state index in [2.05, 4.69) is 6.92 Å². The standard InChI is InChI=1S/C15H26N2O3Si/c1-11(21(19-4)20-5)6-7-12-10-13(17(2)3)8-9-14(12)15(16)18/h8-11,21H,6-7H2,1-5H3,(H2,16,18). The van der Waals surface area contributed by atoms with E-state index in [9.17, 15) is 4.79 Å². The van der Waals surface area contributed by atoms with Crippen LogP contribution in [-0.2, 0) is 15.3 Å². The van der Waals surface area contributed by atoms with Crippen molar-refractivity contribution in [2.45, 2.75) is 25.3 Å². The summed E-state index contributed by atoms with van der Waals surface area (Å²) < 4.78 is 10.8. The minimum Gasteiger partial charge on any atom is -0.400 e. The van der Waals surface area contributed by atoms with Crippen molar-refractivity contribution in [1.29, 1.82) is 0 Å². The van der Waals surface area contributed by atoms with Crippen molar-refractivity contribution in [1.82, 2.24) is 0 Å². The molecule has 1 atom stereocenters. The Balaban J connectivity index is 2.89. The van der Waals surface area contributed by atoms with E-state index in [1.54, 1.807) is 20.3 Å². The van der Waals surface area contributed by atoms with Crippen LogP contribution in [0.2, 0.25) is 5.54 Å². The van der Waals surface area contributed by atoms with Crippen LogP contribution in [0.4, 0.5) is 5.69 Å². The molecule has 0 bridgehead atoms. The number of anilines is 1. The number of aryl methyl sites for hydroxylation is 1. The highest BCUT2D eigenvalue weighted by molar-refractivity contribution is 6.46. The fourth-order valence-corrected chi connectivity index (χ4v) is 3.95. The maximum absolute atomic E-state index is 11.6. The molecule has 1 aromatic carbocycles. The van der Waals surface area contributed by atoms with Gasteiger partial charge in [-0.05, 0) is 42.1 Å². The molecule has 0 saturated carbocycles. The molecule has 6 heteroatoms. The zero-order chi connectivity index (χ0) is 16.0. The van der Waals surface area contributed by atoms with Gasteiger partial charge in [0.1, 0.15) is 0 Å². The number of nitrogens with two attached hydrogens (primary N) is 1. The van der Waals surface area contributed by atoms with Gasteiger partial charge in [-0.15, -0.1) is 0 Å². The fraction of sp³-hybridized carbons (Fsp3) is 0.533. The van der Waals surface area contributed by atoms with Crippen LogP contribution in [0.5, 0.6) is 0 Å². The van der Waals surface area contributed by atoms with Crippen molar-refractivity contribution in [2.75, 3.05) is 33.2 Å². The highest BCUT2D eigenvalue weighted by Gasteiger charge is 2.20. The third kappa shape index (κ3) is 4.84. The van der Waals surface area contributed by atoms with Crippen LogP contribution in [0.1, 0.15) is 29.3 Å². The number of hydrogen-bond donors (Lipinski definition) is 1. The molecule has 0 heterocycles. The molecule has 0 aliphatic rings. The van der Waals surface area contributed by atoms with E-state index in [1.807, 2.05) is 31.1 Å². The summed E-state index contributed by atoms with van der Waals surface area (Å²) in [5.41, 5.74) is 8.48. The zero-order valence-corrected chi connectivity index (χ0v) is 14.7. The topological polar surface area (TPSA) is 64.8 Å². The Labute approximate surface area is 128 Å². The molecule has 21 heavy (non-hydrogen) atoms. The van der Waals surface area contributed by atoms with E-state index in [1.165, 1.54) is 0 Å². The number of primary amides is 1. The van der Waals surface area contributed by atoms with Crippen LogP contribution in [0.15, 0.2) is 18.2 Å². The predicted molar refractivity (Wildman–Crippen MR) is 88.2 cm³/mol. The third-order valence-electron chi connectivity index (χ3n) is 3.67. The van der Waals surface area contributed by atoms with Crippen LogP contribution in [-0.4, -0.2) is 43.5 Å². The Kier molecular flexibility index (Phi) is 6.87. The van der Waals surface area contributed by atoms with Gasteiger partial charge in [0.15, 0.2) is 0 Å². The second-order valence-electron chi connectivity index (χ2n) is 5.46. The van der Waals surface area contributed by atoms with Crippen LogP contribution < -0.4 is 10.6 Å². The van der Waals surface area contributed by atoms with Gasteiger partial charge in [-0.3, -0.25) is 4.79 Å². The average molecular weight is 310 g/mol. The third-order valence-corrected chi connectivity index (χ3v) is 5.86. The van der Waals surface area contributed by atoms with Crippen LogP contribution in [0.3, 0.4) is 0 Å². The Morgan fingerprint density at radius 3 is 2.43 bits per heavy atom. The van der Waals surface area contributed by atoms with Gasteiger partial charge in [0.05, 0.1) is 0 Å². The molecule has 1 rings (SSSR count). The largest absolute Gasteiger partial charge is 0.400 e. The van der Waals surface area contributed by atoms with Crippen LogP contribution in [0, 0.1) is 0 Å². The van der Waals surface area contributed by atoms with E-state index in [-0.39, 0.29) is 5.91 Å². The van der Waals surface area contributed by atoms with Crippen LogP contribution in [0.25, 0.3) is 0 Å². The molecule has 0 aliphatic heterocycles. The molecule has 0 aliphatic carbocycles. The van der Waals surface area contributed by atoms with Crippen LogP contribution >= 0.6 is 0 Å². The van der Waals surface area contributed by atoms with Gasteiger partial charge in [-0.2, -0.15) is 0 Å². The summed E-state index contributed by atoms with van der Waals surface area (Å²) in [4.78, 5) is 13.6. The number of rotatable bonds is 8. The molecule has 118 valence electrons. The number of amides is 1. The van der Waals surface area contributed by atoms with E-state index in [4.69, 9.17) is 14.6 Å². The van der Waals surface area contributed by atoms with Crippen molar-refractivity contribution in [3.8, 4) is 0 Å². The number of carbonyl (C=O) groups excluding carboxylic acids is 1. The molecule has 1 amide bonds. The highest BCUT2D eigenvalue weighted by atomic mass is 28.3. The average Bonchev–Trinajstić information content (AvgIpc) is 2.45. The lowest BCUT2D eigenvalue weighted by Gasteiger charge is -2.20. The molecule has 1 unspecified atom stereocenters. The Morgan fingerprint density at radius 2 is 1.95 bits per heavy atom. The number of carbonyl (C=O) groups is 1. The second kappa shape index (κ2) is 8.16. The van der Waals surface area contributed by atoms with E-state index < -0.39 is 9.28 Å². The first-order valence-corrected chi connectivity index (χ1v) is 8.67. The summed E-state index contributed by atoms with van der Waals surface area (Å²) in [7, 11) is 5.71. The van der Waals surface area contributed by atoms with Crippen molar-refractivity contribution in [2.24, 2.45) is 5.73 Å². The molecule has 0 fully saturated rings. The summed E-state index contributed by atoms with van der Waals surface area (Å²) in [6.07, 6.45) is 1.70. The van der Waals surface area contributed by atoms with E-state index >= 15 is 0 Å². The first-order chi connectivity index (χ1) is 9.90. The second-order valence-corrected chi connectivity index (χ2v) is 8.27. The van der Waals surface area contributed by atoms with Crippen molar-refractivity contribution in [3.63, 3.8) is 0 Å². The van der Waals surface area contributed by atoms with E-state index in [0.29, 0.717) is 11.1 Å². The van der Waals surface area contributed by atoms with Gasteiger partial charge in [0.25, 0.3) is 0 Å². The minimum atomic E-state index is -1.63. The monoisotopic (exact) mass is 310 g/mol. The Morgan fingerprint density at radius 1 is 1.33 bits per heavy atom. The maximum atomic E-state index is 11.6. The Bertz CT molecular complexity index is 476. The maximum Gasteiger partial charge on any atom is 0.323 e. The zero-order valence-electron chi connectivity index (χ0n) is 13.6. The molecule has 0 saturated heterocycles. The molecule has 0 radical (unpaired) electrons. The lowest BCUT2D eigenvalue weighted by molar-refractivity contribution is 0.0999. The smallest absolute Gasteiger partial charge is 0.323 e. The SMILES string of the molecule is CO[SiH](OC)C(C)CCc1cc(N(C)C)ccc1C(N)=O. The van der Waals surface area contributed by atoms with Gasteiger partial charge >= 0.3 is 9.28 Å². The highest BCUT2D eigenvalue weighted by Crippen LogP contribution is 2.23. The molecule has 5 nitrogen and oxygen atoms in total. The normalized spacial score (nSPS) is 12.5. The fourth-order valence-electron chi connectivity index (χ4n) is 2.39. The lowest BCUT2D eigenvalue weighted by atomic mass is 10.0. The van der Waals surface area contributed by atoms with Gasteiger partial charge < -0.3 is 19.5 Å². The van der Waals surface area contributed by atoms with Gasteiger partial charge in [-0.25, -0.2) is 0 Å². The van der Waals surface area contributed by atoms with Gasteiger partial charge in [-0.1, -0.05) is 6.92 Å². The summed E-state index contributed by atoms with van der Waals surface area (Å²) >= 11 is 0. The van der Waals surface area contributed by atoms with Crippen molar-refractivity contribution in [3.05, 3.63) is 29.3 Å². The van der Waals surface area contributed by atoms with Gasteiger partial charge in [0, 0.05) is 39.6 Å². The number of benzene rings is 1. The summed E-state index contributed by atoms with van der Waals surface area (Å²) in [6.45, 7) is 2.13. The summed E-state index contributed by atoms with van der Waals surface area (Å²) in [5.74, 6) is -0.379. The first-order valence-electron chi connectivity index (χ1n) is 7.06. The molecule has 0 aromatic heterocycles. The first kappa shape index (κ1) is 17.7. The summed E-state index contributed by atoms with van der Waals surface area (Å²) in [5, 5.41) is 0. The molecule has 0 spiro atoms. The molecular formula is C15H26N2O3Si.